The summed E-state index contributed by atoms with van der Waals surface area (Å²) in [5.74, 6) is -1.66. The molecule has 4 aliphatic rings. The predicted octanol–water partition coefficient (Wildman–Crippen LogP) is 3.40. The number of rotatable bonds is 14. The number of nitrogens with one attached hydrogen (secondary N) is 4. The zero-order valence-electron chi connectivity index (χ0n) is 30.1. The Labute approximate surface area is 292 Å². The molecule has 2 aliphatic heterocycles. The van der Waals surface area contributed by atoms with Crippen LogP contribution in [-0.4, -0.2) is 90.6 Å². The van der Waals surface area contributed by atoms with E-state index in [1.807, 2.05) is 34.6 Å². The number of urea groups is 1. The van der Waals surface area contributed by atoms with E-state index in [0.29, 0.717) is 57.4 Å². The summed E-state index contributed by atoms with van der Waals surface area (Å²) >= 11 is 0. The van der Waals surface area contributed by atoms with Gasteiger partial charge in [-0.25, -0.2) is 13.2 Å². The number of nitrogens with zero attached hydrogens (tertiary/aromatic N) is 1. The van der Waals surface area contributed by atoms with Gasteiger partial charge in [-0.3, -0.25) is 19.2 Å². The van der Waals surface area contributed by atoms with Crippen molar-refractivity contribution in [1.29, 1.82) is 0 Å². The molecule has 2 unspecified atom stereocenters. The molecule has 0 bridgehead atoms. The summed E-state index contributed by atoms with van der Waals surface area (Å²) in [5, 5.41) is 10.7. The topological polar surface area (TPSA) is 171 Å². The molecule has 4 N–H and O–H groups in total. The Morgan fingerprint density at radius 3 is 2.20 bits per heavy atom. The summed E-state index contributed by atoms with van der Waals surface area (Å²) in [6.07, 6.45) is 9.83. The van der Waals surface area contributed by atoms with Gasteiger partial charge in [-0.05, 0) is 68.1 Å². The maximum Gasteiger partial charge on any atom is 0.315 e. The van der Waals surface area contributed by atoms with E-state index in [9.17, 15) is 32.4 Å². The smallest absolute Gasteiger partial charge is 0.315 e. The lowest BCUT2D eigenvalue weighted by atomic mass is 9.78. The summed E-state index contributed by atoms with van der Waals surface area (Å²) in [5.41, 5.74) is -1.64. The van der Waals surface area contributed by atoms with E-state index in [1.54, 1.807) is 0 Å². The van der Waals surface area contributed by atoms with Crippen molar-refractivity contribution in [1.82, 2.24) is 26.2 Å². The molecule has 13 heteroatoms. The van der Waals surface area contributed by atoms with Crippen molar-refractivity contribution >= 4 is 39.4 Å². The second-order valence-corrected chi connectivity index (χ2v) is 18.6. The predicted molar refractivity (Wildman–Crippen MR) is 188 cm³/mol. The fourth-order valence-corrected chi connectivity index (χ4v) is 10.3. The van der Waals surface area contributed by atoms with Gasteiger partial charge in [0.25, 0.3) is 5.91 Å². The molecule has 2 heterocycles. The Hall–Kier alpha value is -2.96. The van der Waals surface area contributed by atoms with Crippen LogP contribution in [0.4, 0.5) is 4.79 Å². The van der Waals surface area contributed by atoms with E-state index in [1.165, 1.54) is 11.0 Å². The van der Waals surface area contributed by atoms with Gasteiger partial charge in [-0.2, -0.15) is 0 Å². The van der Waals surface area contributed by atoms with Crippen molar-refractivity contribution in [3.8, 4) is 0 Å². The third-order valence-electron chi connectivity index (χ3n) is 11.1. The molecular weight excluding hydrogens is 646 g/mol. The van der Waals surface area contributed by atoms with Crippen molar-refractivity contribution in [2.24, 2.45) is 23.2 Å². The summed E-state index contributed by atoms with van der Waals surface area (Å²) in [6, 6.07) is -3.52. The first-order chi connectivity index (χ1) is 23.0. The Bertz CT molecular complexity index is 1360. The summed E-state index contributed by atoms with van der Waals surface area (Å²) < 4.78 is 26.1. The third kappa shape index (κ3) is 9.64. The van der Waals surface area contributed by atoms with Gasteiger partial charge in [0.05, 0.1) is 22.6 Å². The summed E-state index contributed by atoms with van der Waals surface area (Å²) in [4.78, 5) is 69.6. The number of Topliss-reactive ketones (excluding diaryl/α,β-unsaturated/α-hetero) is 1. The number of likely N-dealkylation sites (tertiary alicyclic amines) is 1. The number of carbonyl (C=O) groups is 5. The van der Waals surface area contributed by atoms with Crippen LogP contribution in [-0.2, 0) is 29.0 Å². The number of carbonyl (C=O) groups excluding carboxylic acids is 5. The van der Waals surface area contributed by atoms with E-state index in [0.717, 1.165) is 32.1 Å². The lowest BCUT2D eigenvalue weighted by Crippen LogP contribution is -2.65. The number of hydrogen-bond acceptors (Lipinski definition) is 7. The molecule has 0 aromatic heterocycles. The third-order valence-corrected chi connectivity index (χ3v) is 13.5. The average Bonchev–Trinajstić information content (AvgIpc) is 3.63. The van der Waals surface area contributed by atoms with Crippen molar-refractivity contribution in [2.45, 2.75) is 141 Å². The summed E-state index contributed by atoms with van der Waals surface area (Å²) in [7, 11) is -3.36. The Morgan fingerprint density at radius 1 is 0.980 bits per heavy atom. The molecule has 2 aliphatic carbocycles. The van der Waals surface area contributed by atoms with Gasteiger partial charge in [-0.1, -0.05) is 72.8 Å². The van der Waals surface area contributed by atoms with E-state index in [-0.39, 0.29) is 24.1 Å². The lowest BCUT2D eigenvalue weighted by Gasteiger charge is -2.43. The fraction of sp³-hybridized carbons (Fsp3) is 0.806. The first kappa shape index (κ1) is 38.8. The Balaban J connectivity index is 1.54. The van der Waals surface area contributed by atoms with Crippen LogP contribution in [0, 0.1) is 23.2 Å². The molecule has 0 aromatic carbocycles. The lowest BCUT2D eigenvalue weighted by molar-refractivity contribution is -0.143. The maximum atomic E-state index is 14.5. The van der Waals surface area contributed by atoms with Crippen LogP contribution < -0.4 is 21.3 Å². The van der Waals surface area contributed by atoms with Gasteiger partial charge in [-0.15, -0.1) is 6.58 Å². The van der Waals surface area contributed by atoms with Gasteiger partial charge in [0, 0.05) is 13.1 Å². The van der Waals surface area contributed by atoms with Crippen molar-refractivity contribution in [3.63, 3.8) is 0 Å². The van der Waals surface area contributed by atoms with Crippen molar-refractivity contribution in [3.05, 3.63) is 12.7 Å². The zero-order valence-corrected chi connectivity index (χ0v) is 31.0. The molecule has 0 radical (unpaired) electrons. The highest BCUT2D eigenvalue weighted by Gasteiger charge is 2.51. The standard InChI is InChI=1S/C36H59N5O7S/c1-7-19-37-32(44)29(42)26(16-15-24-13-14-24)38-31(43)27-21-25(23(2)3)22-41(27)33(45)30(35(4,5)6)39-34(46)40-36(17-9-8-10-18-36)28-12-11-20-49(28,47)48/h7,23-28,30H,1,8-22H2,2-6H3,(H,37,44)(H,38,43)(H2,39,40,46)/t25-,26?,27+,28?,30-/m1/s1. The molecule has 0 aromatic rings. The molecule has 2 saturated heterocycles. The van der Waals surface area contributed by atoms with Gasteiger partial charge < -0.3 is 26.2 Å². The van der Waals surface area contributed by atoms with Crippen molar-refractivity contribution < 1.29 is 32.4 Å². The molecule has 276 valence electrons. The second-order valence-electron chi connectivity index (χ2n) is 16.3. The molecule has 5 amide bonds. The van der Waals surface area contributed by atoms with Crippen LogP contribution in [0.15, 0.2) is 12.7 Å². The van der Waals surface area contributed by atoms with Crippen molar-refractivity contribution in [2.75, 3.05) is 18.8 Å². The van der Waals surface area contributed by atoms with Crippen LogP contribution in [0.3, 0.4) is 0 Å². The van der Waals surface area contributed by atoms with Gasteiger partial charge in [0.15, 0.2) is 9.84 Å². The molecule has 0 spiro atoms. The average molecular weight is 706 g/mol. The van der Waals surface area contributed by atoms with Gasteiger partial charge in [0.2, 0.25) is 17.6 Å². The molecule has 12 nitrogen and oxygen atoms in total. The number of amides is 5. The maximum absolute atomic E-state index is 14.5. The number of ketones is 1. The van der Waals surface area contributed by atoms with Crippen LogP contribution >= 0.6 is 0 Å². The number of sulfone groups is 1. The highest BCUT2D eigenvalue weighted by Crippen LogP contribution is 2.40. The van der Waals surface area contributed by atoms with E-state index in [2.05, 4.69) is 27.8 Å². The summed E-state index contributed by atoms with van der Waals surface area (Å²) in [6.45, 7) is 13.6. The number of hydrogen-bond donors (Lipinski definition) is 4. The minimum absolute atomic E-state index is 0.00346. The normalized spacial score (nSPS) is 26.0. The minimum Gasteiger partial charge on any atom is -0.346 e. The first-order valence-corrected chi connectivity index (χ1v) is 20.0. The molecule has 2 saturated carbocycles. The second kappa shape index (κ2) is 15.9. The molecule has 4 fully saturated rings. The highest BCUT2D eigenvalue weighted by atomic mass is 32.2. The van der Waals surface area contributed by atoms with Crippen LogP contribution in [0.25, 0.3) is 0 Å². The van der Waals surface area contributed by atoms with Crippen LogP contribution in [0.1, 0.15) is 112 Å². The Morgan fingerprint density at radius 2 is 1.65 bits per heavy atom. The molecule has 49 heavy (non-hydrogen) atoms. The highest BCUT2D eigenvalue weighted by molar-refractivity contribution is 7.92. The Kier molecular flexibility index (Phi) is 12.6. The SMILES string of the molecule is C=CCNC(=O)C(=O)C(CCC1CC1)NC(=O)[C@@H]1C[C@@H](C(C)C)CN1C(=O)[C@@H](NC(=O)NC1(C2CCCS2(=O)=O)CCCCC1)C(C)(C)C. The molecule has 5 atom stereocenters. The van der Waals surface area contributed by atoms with Crippen LogP contribution in [0.5, 0.6) is 0 Å². The molecular formula is C36H59N5O7S. The van der Waals surface area contributed by atoms with Gasteiger partial charge in [0.1, 0.15) is 12.1 Å². The molecule has 4 rings (SSSR count). The fourth-order valence-electron chi connectivity index (χ4n) is 7.93. The zero-order chi connectivity index (χ0) is 36.1. The van der Waals surface area contributed by atoms with E-state index >= 15 is 0 Å². The van der Waals surface area contributed by atoms with Gasteiger partial charge >= 0.3 is 6.03 Å². The quantitative estimate of drug-likeness (QED) is 0.159. The largest absolute Gasteiger partial charge is 0.346 e. The van der Waals surface area contributed by atoms with Crippen LogP contribution in [0.2, 0.25) is 0 Å². The minimum atomic E-state index is -3.36. The monoisotopic (exact) mass is 705 g/mol. The first-order valence-electron chi connectivity index (χ1n) is 18.3. The van der Waals surface area contributed by atoms with E-state index in [4.69, 9.17) is 0 Å². The van der Waals surface area contributed by atoms with E-state index < -0.39 is 73.7 Å².